The Morgan fingerprint density at radius 3 is 2.03 bits per heavy atom. The number of benzene rings is 2. The third-order valence-electron chi connectivity index (χ3n) is 5.83. The van der Waals surface area contributed by atoms with Crippen LogP contribution in [-0.4, -0.2) is 71.3 Å². The van der Waals surface area contributed by atoms with Crippen LogP contribution in [-0.2, 0) is 16.1 Å². The first kappa shape index (κ1) is 23.7. The molecule has 35 heavy (non-hydrogen) atoms. The molecule has 0 spiro atoms. The molecule has 3 amide bonds. The fourth-order valence-corrected chi connectivity index (χ4v) is 3.95. The van der Waals surface area contributed by atoms with Crippen molar-refractivity contribution in [3.63, 3.8) is 0 Å². The second kappa shape index (κ2) is 10.7. The van der Waals surface area contributed by atoms with Crippen LogP contribution in [0.25, 0.3) is 0 Å². The summed E-state index contributed by atoms with van der Waals surface area (Å²) in [4.78, 5) is 53.3. The molecule has 0 unspecified atom stereocenters. The standard InChI is InChI=1S/C26H26N4O5/c1-35-26(34)20-9-11-21(12-10-20)27-23(31)18-30-13-5-8-22(30)25(33)29-16-14-28(15-17-29)24(32)19-6-3-2-4-7-19/h2-13H,14-18H2,1H3,(H,27,31). The molecule has 2 heterocycles. The predicted octanol–water partition coefficient (Wildman–Crippen LogP) is 2.51. The Kier molecular flexibility index (Phi) is 7.25. The fraction of sp³-hybridized carbons (Fsp3) is 0.231. The van der Waals surface area contributed by atoms with Crippen molar-refractivity contribution >= 4 is 29.4 Å². The number of carbonyl (C=O) groups is 4. The summed E-state index contributed by atoms with van der Waals surface area (Å²) in [5.74, 6) is -0.989. The van der Waals surface area contributed by atoms with Crippen LogP contribution in [0.2, 0.25) is 0 Å². The summed E-state index contributed by atoms with van der Waals surface area (Å²) in [5.41, 5.74) is 1.95. The molecule has 9 nitrogen and oxygen atoms in total. The first-order valence-corrected chi connectivity index (χ1v) is 11.2. The molecule has 9 heteroatoms. The van der Waals surface area contributed by atoms with Crippen LogP contribution < -0.4 is 5.32 Å². The Hall–Kier alpha value is -4.40. The van der Waals surface area contributed by atoms with Gasteiger partial charge in [0.05, 0.1) is 12.7 Å². The second-order valence-electron chi connectivity index (χ2n) is 8.09. The number of ether oxygens (including phenoxy) is 1. The van der Waals surface area contributed by atoms with E-state index < -0.39 is 5.97 Å². The molecular formula is C26H26N4O5. The molecule has 180 valence electrons. The summed E-state index contributed by atoms with van der Waals surface area (Å²) < 4.78 is 6.27. The minimum absolute atomic E-state index is 0.0424. The normalized spacial score (nSPS) is 13.3. The molecule has 2 aromatic carbocycles. The maximum atomic E-state index is 13.1. The maximum absolute atomic E-state index is 13.1. The average molecular weight is 475 g/mol. The second-order valence-corrected chi connectivity index (χ2v) is 8.09. The van der Waals surface area contributed by atoms with Gasteiger partial charge in [-0.2, -0.15) is 0 Å². The summed E-state index contributed by atoms with van der Waals surface area (Å²) in [7, 11) is 1.30. The number of amides is 3. The fourth-order valence-electron chi connectivity index (χ4n) is 3.95. The highest BCUT2D eigenvalue weighted by Gasteiger charge is 2.27. The summed E-state index contributed by atoms with van der Waals surface area (Å²) in [6.45, 7) is 1.69. The van der Waals surface area contributed by atoms with Crippen LogP contribution in [0.3, 0.4) is 0 Å². The highest BCUT2D eigenvalue weighted by atomic mass is 16.5. The van der Waals surface area contributed by atoms with Crippen LogP contribution in [0.5, 0.6) is 0 Å². The van der Waals surface area contributed by atoms with Gasteiger partial charge < -0.3 is 24.4 Å². The van der Waals surface area contributed by atoms with Crippen molar-refractivity contribution in [1.82, 2.24) is 14.4 Å². The zero-order valence-electron chi connectivity index (χ0n) is 19.3. The number of piperazine rings is 1. The van der Waals surface area contributed by atoms with Crippen molar-refractivity contribution < 1.29 is 23.9 Å². The van der Waals surface area contributed by atoms with Gasteiger partial charge in [-0.25, -0.2) is 4.79 Å². The van der Waals surface area contributed by atoms with Crippen molar-refractivity contribution in [2.24, 2.45) is 0 Å². The van der Waals surface area contributed by atoms with Gasteiger partial charge in [0, 0.05) is 43.6 Å². The van der Waals surface area contributed by atoms with E-state index in [9.17, 15) is 19.2 Å². The smallest absolute Gasteiger partial charge is 0.337 e. The van der Waals surface area contributed by atoms with Crippen LogP contribution in [0.4, 0.5) is 5.69 Å². The van der Waals surface area contributed by atoms with Crippen molar-refractivity contribution in [1.29, 1.82) is 0 Å². The van der Waals surface area contributed by atoms with E-state index in [1.54, 1.807) is 69.1 Å². The Bertz CT molecular complexity index is 1210. The van der Waals surface area contributed by atoms with E-state index in [1.165, 1.54) is 7.11 Å². The molecule has 1 aliphatic heterocycles. The average Bonchev–Trinajstić information content (AvgIpc) is 3.36. The number of hydrogen-bond acceptors (Lipinski definition) is 5. The van der Waals surface area contributed by atoms with E-state index >= 15 is 0 Å². The lowest BCUT2D eigenvalue weighted by Gasteiger charge is -2.35. The van der Waals surface area contributed by atoms with Gasteiger partial charge in [0.1, 0.15) is 12.2 Å². The van der Waals surface area contributed by atoms with Gasteiger partial charge in [-0.05, 0) is 48.5 Å². The minimum atomic E-state index is -0.455. The molecule has 0 radical (unpaired) electrons. The quantitative estimate of drug-likeness (QED) is 0.554. The van der Waals surface area contributed by atoms with Crippen molar-refractivity contribution in [2.75, 3.05) is 38.6 Å². The Morgan fingerprint density at radius 2 is 1.40 bits per heavy atom. The number of hydrogen-bond donors (Lipinski definition) is 1. The van der Waals surface area contributed by atoms with Gasteiger partial charge in [-0.1, -0.05) is 18.2 Å². The first-order valence-electron chi connectivity index (χ1n) is 11.2. The van der Waals surface area contributed by atoms with E-state index in [0.717, 1.165) is 0 Å². The lowest BCUT2D eigenvalue weighted by Crippen LogP contribution is -2.51. The van der Waals surface area contributed by atoms with Gasteiger partial charge in [0.2, 0.25) is 5.91 Å². The van der Waals surface area contributed by atoms with Crippen molar-refractivity contribution in [3.8, 4) is 0 Å². The molecule has 0 aliphatic carbocycles. The van der Waals surface area contributed by atoms with Crippen LogP contribution in [0.1, 0.15) is 31.2 Å². The summed E-state index contributed by atoms with van der Waals surface area (Å²) >= 11 is 0. The van der Waals surface area contributed by atoms with Crippen LogP contribution in [0, 0.1) is 0 Å². The largest absolute Gasteiger partial charge is 0.465 e. The number of rotatable bonds is 6. The van der Waals surface area contributed by atoms with Gasteiger partial charge in [0.25, 0.3) is 11.8 Å². The van der Waals surface area contributed by atoms with Gasteiger partial charge in [0.15, 0.2) is 0 Å². The highest BCUT2D eigenvalue weighted by molar-refractivity contribution is 5.96. The molecule has 1 N–H and O–H groups in total. The lowest BCUT2D eigenvalue weighted by molar-refractivity contribution is -0.116. The van der Waals surface area contributed by atoms with Crippen LogP contribution in [0.15, 0.2) is 72.9 Å². The van der Waals surface area contributed by atoms with Gasteiger partial charge in [-0.3, -0.25) is 14.4 Å². The van der Waals surface area contributed by atoms with E-state index in [1.807, 2.05) is 18.2 Å². The Morgan fingerprint density at radius 1 is 0.771 bits per heavy atom. The number of aromatic nitrogens is 1. The molecule has 4 rings (SSSR count). The zero-order chi connectivity index (χ0) is 24.8. The molecule has 1 aliphatic rings. The third kappa shape index (κ3) is 5.57. The third-order valence-corrected chi connectivity index (χ3v) is 5.83. The van der Waals surface area contributed by atoms with Crippen LogP contribution >= 0.6 is 0 Å². The van der Waals surface area contributed by atoms with Gasteiger partial charge >= 0.3 is 5.97 Å². The predicted molar refractivity (Wildman–Crippen MR) is 129 cm³/mol. The Balaban J connectivity index is 1.33. The number of nitrogens with zero attached hydrogens (tertiary/aromatic N) is 3. The molecule has 0 bridgehead atoms. The lowest BCUT2D eigenvalue weighted by atomic mass is 10.2. The number of nitrogens with one attached hydrogen (secondary N) is 1. The molecule has 0 atom stereocenters. The maximum Gasteiger partial charge on any atom is 0.337 e. The van der Waals surface area contributed by atoms with Crippen molar-refractivity contribution in [3.05, 3.63) is 89.7 Å². The zero-order valence-corrected chi connectivity index (χ0v) is 19.3. The molecular weight excluding hydrogens is 448 g/mol. The monoisotopic (exact) mass is 474 g/mol. The van der Waals surface area contributed by atoms with E-state index in [-0.39, 0.29) is 24.3 Å². The Labute approximate surface area is 202 Å². The molecule has 0 saturated carbocycles. The first-order chi connectivity index (χ1) is 17.0. The SMILES string of the molecule is COC(=O)c1ccc(NC(=O)Cn2cccc2C(=O)N2CCN(C(=O)c3ccccc3)CC2)cc1. The summed E-state index contributed by atoms with van der Waals surface area (Å²) in [6.07, 6.45) is 1.68. The molecule has 1 aromatic heterocycles. The van der Waals surface area contributed by atoms with Gasteiger partial charge in [-0.15, -0.1) is 0 Å². The van der Waals surface area contributed by atoms with E-state index in [2.05, 4.69) is 10.1 Å². The van der Waals surface area contributed by atoms with E-state index in [0.29, 0.717) is 48.7 Å². The number of anilines is 1. The molecule has 3 aromatic rings. The summed E-state index contributed by atoms with van der Waals surface area (Å²) in [5, 5.41) is 2.76. The molecule has 1 fully saturated rings. The molecule has 1 saturated heterocycles. The van der Waals surface area contributed by atoms with E-state index in [4.69, 9.17) is 0 Å². The minimum Gasteiger partial charge on any atom is -0.465 e. The number of esters is 1. The highest BCUT2D eigenvalue weighted by Crippen LogP contribution is 2.14. The topological polar surface area (TPSA) is 101 Å². The van der Waals surface area contributed by atoms with Crippen molar-refractivity contribution in [2.45, 2.75) is 6.54 Å². The summed E-state index contributed by atoms with van der Waals surface area (Å²) in [6, 6.07) is 18.8. The number of carbonyl (C=O) groups excluding carboxylic acids is 4. The number of methoxy groups -OCH3 is 1.